The maximum atomic E-state index is 2.46. The molecule has 10 aromatic rings. The van der Waals surface area contributed by atoms with Gasteiger partial charge in [0.25, 0.3) is 0 Å². The predicted octanol–water partition coefficient (Wildman–Crippen LogP) is 14.3. The van der Waals surface area contributed by atoms with Crippen molar-refractivity contribution >= 4 is 38.9 Å². The molecular formula is C55H36N2. The quantitative estimate of drug-likeness (QED) is 0.172. The van der Waals surface area contributed by atoms with Crippen molar-refractivity contribution in [1.82, 2.24) is 4.57 Å². The Labute approximate surface area is 332 Å². The van der Waals surface area contributed by atoms with Gasteiger partial charge in [-0.2, -0.15) is 0 Å². The molecule has 0 radical (unpaired) electrons. The molecular weight excluding hydrogens is 689 g/mol. The van der Waals surface area contributed by atoms with Gasteiger partial charge in [-0.3, -0.25) is 0 Å². The molecule has 2 heteroatoms. The third-order valence-corrected chi connectivity index (χ3v) is 12.4. The zero-order chi connectivity index (χ0) is 37.5. The number of rotatable bonds is 5. The number of benzene rings is 9. The van der Waals surface area contributed by atoms with Crippen LogP contribution in [0, 0.1) is 0 Å². The van der Waals surface area contributed by atoms with Gasteiger partial charge in [-0.05, 0) is 105 Å². The molecule has 0 amide bonds. The molecule has 1 heterocycles. The Hall–Kier alpha value is -7.42. The van der Waals surface area contributed by atoms with E-state index >= 15 is 0 Å². The van der Waals surface area contributed by atoms with Crippen molar-refractivity contribution in [3.05, 3.63) is 241 Å². The van der Waals surface area contributed by atoms with Crippen LogP contribution in [0.1, 0.15) is 22.3 Å². The predicted molar refractivity (Wildman–Crippen MR) is 237 cm³/mol. The Morgan fingerprint density at radius 2 is 0.789 bits per heavy atom. The molecule has 57 heavy (non-hydrogen) atoms. The SMILES string of the molecule is c1ccc(-c2ccc(N(c3ccc(-n4c5ccccc5c5ccccc54)cc3)c3cccc4c3-c3ccccc3C43c4ccccc4-c4ccccc43)cc2)cc1. The van der Waals surface area contributed by atoms with E-state index in [1.165, 1.54) is 77.4 Å². The van der Waals surface area contributed by atoms with Crippen LogP contribution in [0.25, 0.3) is 60.9 Å². The fourth-order valence-electron chi connectivity index (χ4n) is 10.1. The summed E-state index contributed by atoms with van der Waals surface area (Å²) >= 11 is 0. The summed E-state index contributed by atoms with van der Waals surface area (Å²) in [6.45, 7) is 0. The Morgan fingerprint density at radius 3 is 1.40 bits per heavy atom. The van der Waals surface area contributed by atoms with E-state index < -0.39 is 5.41 Å². The maximum absolute atomic E-state index is 2.46. The van der Waals surface area contributed by atoms with Crippen LogP contribution in [0.4, 0.5) is 17.1 Å². The molecule has 0 unspecified atom stereocenters. The Bertz CT molecular complexity index is 3070. The first kappa shape index (κ1) is 31.9. The second-order valence-corrected chi connectivity index (χ2v) is 15.2. The van der Waals surface area contributed by atoms with Crippen LogP contribution in [0.15, 0.2) is 218 Å². The third kappa shape index (κ3) is 4.47. The first-order chi connectivity index (χ1) is 28.3. The molecule has 266 valence electrons. The Kier molecular flexibility index (Phi) is 6.88. The molecule has 0 aliphatic heterocycles. The highest BCUT2D eigenvalue weighted by Gasteiger charge is 2.52. The van der Waals surface area contributed by atoms with E-state index in [0.717, 1.165) is 22.7 Å². The van der Waals surface area contributed by atoms with Gasteiger partial charge in [-0.25, -0.2) is 0 Å². The zero-order valence-electron chi connectivity index (χ0n) is 31.2. The number of hydrogen-bond donors (Lipinski definition) is 0. The third-order valence-electron chi connectivity index (χ3n) is 12.4. The van der Waals surface area contributed by atoms with Gasteiger partial charge in [-0.15, -0.1) is 0 Å². The topological polar surface area (TPSA) is 8.17 Å². The highest BCUT2D eigenvalue weighted by atomic mass is 15.1. The molecule has 2 aliphatic rings. The summed E-state index contributed by atoms with van der Waals surface area (Å²) in [5, 5.41) is 2.53. The normalized spacial score (nSPS) is 13.1. The summed E-state index contributed by atoms with van der Waals surface area (Å²) in [5.74, 6) is 0. The number of hydrogen-bond acceptors (Lipinski definition) is 1. The van der Waals surface area contributed by atoms with E-state index in [4.69, 9.17) is 0 Å². The van der Waals surface area contributed by atoms with Crippen molar-refractivity contribution in [2.24, 2.45) is 0 Å². The monoisotopic (exact) mass is 724 g/mol. The minimum Gasteiger partial charge on any atom is -0.310 e. The van der Waals surface area contributed by atoms with Crippen LogP contribution in [0.3, 0.4) is 0 Å². The summed E-state index contributed by atoms with van der Waals surface area (Å²) in [4.78, 5) is 2.46. The van der Waals surface area contributed by atoms with E-state index in [9.17, 15) is 0 Å². The average Bonchev–Trinajstić information content (AvgIpc) is 3.90. The lowest BCUT2D eigenvalue weighted by atomic mass is 9.70. The molecule has 0 bridgehead atoms. The van der Waals surface area contributed by atoms with Gasteiger partial charge in [-0.1, -0.05) is 164 Å². The number of para-hydroxylation sites is 2. The van der Waals surface area contributed by atoms with Gasteiger partial charge in [0.1, 0.15) is 0 Å². The van der Waals surface area contributed by atoms with Crippen LogP contribution in [0.2, 0.25) is 0 Å². The van der Waals surface area contributed by atoms with Gasteiger partial charge in [0.05, 0.1) is 22.1 Å². The van der Waals surface area contributed by atoms with E-state index in [1.54, 1.807) is 0 Å². The minimum atomic E-state index is -0.418. The van der Waals surface area contributed by atoms with Gasteiger partial charge >= 0.3 is 0 Å². The Balaban J connectivity index is 1.09. The largest absolute Gasteiger partial charge is 0.310 e. The van der Waals surface area contributed by atoms with Crippen molar-refractivity contribution < 1.29 is 0 Å². The Morgan fingerprint density at radius 1 is 0.333 bits per heavy atom. The van der Waals surface area contributed by atoms with E-state index in [1.807, 2.05) is 0 Å². The second-order valence-electron chi connectivity index (χ2n) is 15.2. The van der Waals surface area contributed by atoms with Crippen LogP contribution in [0.5, 0.6) is 0 Å². The van der Waals surface area contributed by atoms with Crippen molar-refractivity contribution in [3.8, 4) is 39.1 Å². The molecule has 2 aliphatic carbocycles. The molecule has 0 saturated heterocycles. The average molecular weight is 725 g/mol. The fraction of sp³-hybridized carbons (Fsp3) is 0.0182. The lowest BCUT2D eigenvalue weighted by molar-refractivity contribution is 0.794. The van der Waals surface area contributed by atoms with Gasteiger partial charge in [0, 0.05) is 33.4 Å². The number of nitrogens with zero attached hydrogens (tertiary/aromatic N) is 2. The number of fused-ring (bicyclic) bond motifs is 13. The van der Waals surface area contributed by atoms with Gasteiger partial charge in [0.15, 0.2) is 0 Å². The number of aromatic nitrogens is 1. The summed E-state index contributed by atoms with van der Waals surface area (Å²) < 4.78 is 2.39. The zero-order valence-corrected chi connectivity index (χ0v) is 31.2. The summed E-state index contributed by atoms with van der Waals surface area (Å²) in [7, 11) is 0. The van der Waals surface area contributed by atoms with Crippen molar-refractivity contribution in [3.63, 3.8) is 0 Å². The van der Waals surface area contributed by atoms with Crippen LogP contribution in [-0.2, 0) is 5.41 Å². The molecule has 0 fully saturated rings. The molecule has 2 nitrogen and oxygen atoms in total. The minimum absolute atomic E-state index is 0.418. The van der Waals surface area contributed by atoms with Crippen molar-refractivity contribution in [2.45, 2.75) is 5.41 Å². The van der Waals surface area contributed by atoms with E-state index in [2.05, 4.69) is 228 Å². The fourth-order valence-corrected chi connectivity index (χ4v) is 10.1. The molecule has 1 spiro atoms. The first-order valence-electron chi connectivity index (χ1n) is 19.8. The summed E-state index contributed by atoms with van der Waals surface area (Å²) in [5.41, 5.74) is 19.5. The van der Waals surface area contributed by atoms with E-state index in [0.29, 0.717) is 0 Å². The molecule has 1 aromatic heterocycles. The highest BCUT2D eigenvalue weighted by Crippen LogP contribution is 2.64. The van der Waals surface area contributed by atoms with Gasteiger partial charge < -0.3 is 9.47 Å². The number of anilines is 3. The smallest absolute Gasteiger partial charge is 0.0726 e. The van der Waals surface area contributed by atoms with Crippen LogP contribution >= 0.6 is 0 Å². The second kappa shape index (κ2) is 12.3. The first-order valence-corrected chi connectivity index (χ1v) is 19.8. The standard InChI is InChI=1S/C55H36N2/c1-2-15-37(16-3-1)38-29-31-39(32-30-38)56(40-33-35-41(36-34-40)57-51-26-12-7-19-44(51)45-20-8-13-27-52(45)57)53-28-14-25-50-54(53)46-21-6-11-24-49(46)55(50)47-22-9-4-17-42(47)43-18-5-10-23-48(43)55/h1-36H. The lowest BCUT2D eigenvalue weighted by Gasteiger charge is -2.32. The van der Waals surface area contributed by atoms with Crippen LogP contribution < -0.4 is 4.90 Å². The summed E-state index contributed by atoms with van der Waals surface area (Å²) in [6.07, 6.45) is 0. The van der Waals surface area contributed by atoms with Crippen LogP contribution in [-0.4, -0.2) is 4.57 Å². The lowest BCUT2D eigenvalue weighted by Crippen LogP contribution is -2.26. The van der Waals surface area contributed by atoms with Gasteiger partial charge in [0.2, 0.25) is 0 Å². The molecule has 0 N–H and O–H groups in total. The molecule has 0 atom stereocenters. The van der Waals surface area contributed by atoms with E-state index in [-0.39, 0.29) is 0 Å². The highest BCUT2D eigenvalue weighted by molar-refractivity contribution is 6.09. The maximum Gasteiger partial charge on any atom is 0.0726 e. The molecule has 12 rings (SSSR count). The summed E-state index contributed by atoms with van der Waals surface area (Å²) in [6, 6.07) is 80.4. The van der Waals surface area contributed by atoms with Crippen molar-refractivity contribution in [1.29, 1.82) is 0 Å². The molecule has 9 aromatic carbocycles. The molecule has 0 saturated carbocycles. The van der Waals surface area contributed by atoms with Crippen molar-refractivity contribution in [2.75, 3.05) is 4.90 Å².